The van der Waals surface area contributed by atoms with Crippen molar-refractivity contribution in [3.05, 3.63) is 11.6 Å². The summed E-state index contributed by atoms with van der Waals surface area (Å²) in [6, 6.07) is 0. The number of rotatable bonds is 2. The molecule has 0 aromatic rings. The predicted octanol–water partition coefficient (Wildman–Crippen LogP) is 4.42. The van der Waals surface area contributed by atoms with Crippen molar-refractivity contribution >= 4 is 0 Å². The summed E-state index contributed by atoms with van der Waals surface area (Å²) in [5.74, 6) is 0.737. The zero-order chi connectivity index (χ0) is 10.3. The van der Waals surface area contributed by atoms with Crippen LogP contribution in [0.5, 0.6) is 0 Å². The van der Waals surface area contributed by atoms with Crippen LogP contribution in [-0.2, 0) is 0 Å². The molecule has 0 aromatic heterocycles. The van der Waals surface area contributed by atoms with Gasteiger partial charge in [0, 0.05) is 0 Å². The van der Waals surface area contributed by atoms with Crippen LogP contribution < -0.4 is 0 Å². The maximum atomic E-state index is 2.41. The summed E-state index contributed by atoms with van der Waals surface area (Å²) >= 11 is 0. The van der Waals surface area contributed by atoms with Crippen LogP contribution in [0.1, 0.15) is 54.4 Å². The van der Waals surface area contributed by atoms with Crippen LogP contribution in [-0.4, -0.2) is 0 Å². The maximum absolute atomic E-state index is 2.41. The molecule has 0 bridgehead atoms. The summed E-state index contributed by atoms with van der Waals surface area (Å²) in [4.78, 5) is 0. The molecule has 0 nitrogen and oxygen atoms in total. The summed E-state index contributed by atoms with van der Waals surface area (Å²) in [5.41, 5.74) is 2.47. The van der Waals surface area contributed by atoms with E-state index in [2.05, 4.69) is 47.6 Å². The van der Waals surface area contributed by atoms with Gasteiger partial charge in [0.15, 0.2) is 0 Å². The fourth-order valence-electron chi connectivity index (χ4n) is 1.82. The second-order valence-electron chi connectivity index (χ2n) is 6.01. The molecule has 0 heterocycles. The average Bonchev–Trinajstić information content (AvgIpc) is 1.80. The number of hydrogen-bond acceptors (Lipinski definition) is 0. The van der Waals surface area contributed by atoms with Crippen molar-refractivity contribution in [2.45, 2.75) is 54.4 Å². The molecule has 0 saturated heterocycles. The highest BCUT2D eigenvalue weighted by atomic mass is 14.4. The van der Waals surface area contributed by atoms with E-state index in [9.17, 15) is 0 Å². The van der Waals surface area contributed by atoms with Crippen molar-refractivity contribution in [2.75, 3.05) is 0 Å². The zero-order valence-electron chi connectivity index (χ0n) is 10.1. The molecular formula is C13H24. The molecule has 0 saturated carbocycles. The van der Waals surface area contributed by atoms with E-state index in [0.29, 0.717) is 10.8 Å². The summed E-state index contributed by atoms with van der Waals surface area (Å²) in [6.07, 6.45) is 5.05. The van der Waals surface area contributed by atoms with Gasteiger partial charge in [0.1, 0.15) is 0 Å². The maximum Gasteiger partial charge on any atom is -0.0175 e. The molecule has 1 aliphatic carbocycles. The van der Waals surface area contributed by atoms with Crippen molar-refractivity contribution in [1.82, 2.24) is 0 Å². The Kier molecular flexibility index (Phi) is 2.62. The molecule has 1 aliphatic rings. The third-order valence-electron chi connectivity index (χ3n) is 4.41. The van der Waals surface area contributed by atoms with Crippen LogP contribution in [0.2, 0.25) is 0 Å². The van der Waals surface area contributed by atoms with Crippen LogP contribution in [0, 0.1) is 16.7 Å². The first-order chi connectivity index (χ1) is 5.77. The molecule has 0 amide bonds. The van der Waals surface area contributed by atoms with Crippen molar-refractivity contribution in [1.29, 1.82) is 0 Å². The van der Waals surface area contributed by atoms with E-state index in [0.717, 1.165) is 5.92 Å². The normalized spacial score (nSPS) is 20.6. The van der Waals surface area contributed by atoms with E-state index in [1.54, 1.807) is 5.57 Å². The highest BCUT2D eigenvalue weighted by molar-refractivity contribution is 5.18. The van der Waals surface area contributed by atoms with Crippen LogP contribution in [0.25, 0.3) is 0 Å². The van der Waals surface area contributed by atoms with Gasteiger partial charge < -0.3 is 0 Å². The van der Waals surface area contributed by atoms with E-state index in [-0.39, 0.29) is 0 Å². The van der Waals surface area contributed by atoms with Gasteiger partial charge in [-0.25, -0.2) is 0 Å². The lowest BCUT2D eigenvalue weighted by Crippen LogP contribution is -2.37. The number of allylic oxidation sites excluding steroid dienone is 2. The first kappa shape index (κ1) is 10.8. The Labute approximate surface area is 83.4 Å². The second-order valence-corrected chi connectivity index (χ2v) is 6.01. The highest BCUT2D eigenvalue weighted by Gasteiger charge is 2.39. The number of hydrogen-bond donors (Lipinski definition) is 0. The standard InChI is InChI=1S/C13H24/c1-10(11-8-7-9-11)13(5,6)12(2,3)4/h8,10H,7,9H2,1-6H3. The Balaban J connectivity index is 2.79. The van der Waals surface area contributed by atoms with Crippen molar-refractivity contribution in [3.63, 3.8) is 0 Å². The summed E-state index contributed by atoms with van der Waals surface area (Å²) < 4.78 is 0. The monoisotopic (exact) mass is 180 g/mol. The van der Waals surface area contributed by atoms with Crippen molar-refractivity contribution < 1.29 is 0 Å². The lowest BCUT2D eigenvalue weighted by molar-refractivity contribution is 0.0785. The molecule has 0 aliphatic heterocycles. The molecule has 0 radical (unpaired) electrons. The molecular weight excluding hydrogens is 156 g/mol. The van der Waals surface area contributed by atoms with Crippen LogP contribution in [0.4, 0.5) is 0 Å². The lowest BCUT2D eigenvalue weighted by atomic mass is 9.59. The molecule has 0 aromatic carbocycles. The quantitative estimate of drug-likeness (QED) is 0.552. The molecule has 0 fully saturated rings. The third kappa shape index (κ3) is 1.82. The average molecular weight is 180 g/mol. The molecule has 13 heavy (non-hydrogen) atoms. The van der Waals surface area contributed by atoms with Gasteiger partial charge in [0.2, 0.25) is 0 Å². The molecule has 0 heteroatoms. The predicted molar refractivity (Wildman–Crippen MR) is 59.7 cm³/mol. The van der Waals surface area contributed by atoms with Gasteiger partial charge in [-0.2, -0.15) is 0 Å². The lowest BCUT2D eigenvalue weighted by Gasteiger charge is -2.46. The Bertz CT molecular complexity index is 213. The summed E-state index contributed by atoms with van der Waals surface area (Å²) in [7, 11) is 0. The highest BCUT2D eigenvalue weighted by Crippen LogP contribution is 2.48. The molecule has 0 N–H and O–H groups in total. The van der Waals surface area contributed by atoms with Crippen LogP contribution in [0.3, 0.4) is 0 Å². The minimum Gasteiger partial charge on any atom is -0.0847 e. The van der Waals surface area contributed by atoms with Gasteiger partial charge in [-0.1, -0.05) is 53.2 Å². The second kappa shape index (κ2) is 3.15. The van der Waals surface area contributed by atoms with Gasteiger partial charge in [0.25, 0.3) is 0 Å². The van der Waals surface area contributed by atoms with E-state index >= 15 is 0 Å². The molecule has 0 spiro atoms. The van der Waals surface area contributed by atoms with Crippen molar-refractivity contribution in [2.24, 2.45) is 16.7 Å². The van der Waals surface area contributed by atoms with Gasteiger partial charge in [-0.15, -0.1) is 0 Å². The largest absolute Gasteiger partial charge is 0.0847 e. The summed E-state index contributed by atoms with van der Waals surface area (Å²) in [5, 5.41) is 0. The van der Waals surface area contributed by atoms with E-state index in [1.165, 1.54) is 12.8 Å². The van der Waals surface area contributed by atoms with E-state index in [4.69, 9.17) is 0 Å². The summed E-state index contributed by atoms with van der Waals surface area (Å²) in [6.45, 7) is 14.2. The van der Waals surface area contributed by atoms with Gasteiger partial charge in [-0.3, -0.25) is 0 Å². The van der Waals surface area contributed by atoms with Gasteiger partial charge in [0.05, 0.1) is 0 Å². The third-order valence-corrected chi connectivity index (χ3v) is 4.41. The Morgan fingerprint density at radius 1 is 1.15 bits per heavy atom. The first-order valence-electron chi connectivity index (χ1n) is 5.46. The molecule has 1 rings (SSSR count). The molecule has 1 unspecified atom stereocenters. The Hall–Kier alpha value is -0.260. The van der Waals surface area contributed by atoms with E-state index < -0.39 is 0 Å². The smallest absolute Gasteiger partial charge is 0.0175 e. The van der Waals surface area contributed by atoms with E-state index in [1.807, 2.05) is 0 Å². The van der Waals surface area contributed by atoms with Crippen LogP contribution in [0.15, 0.2) is 11.6 Å². The Morgan fingerprint density at radius 2 is 1.62 bits per heavy atom. The van der Waals surface area contributed by atoms with Gasteiger partial charge in [-0.05, 0) is 29.6 Å². The first-order valence-corrected chi connectivity index (χ1v) is 5.46. The Morgan fingerprint density at radius 3 is 1.85 bits per heavy atom. The zero-order valence-corrected chi connectivity index (χ0v) is 10.1. The van der Waals surface area contributed by atoms with Crippen LogP contribution >= 0.6 is 0 Å². The van der Waals surface area contributed by atoms with Crippen molar-refractivity contribution in [3.8, 4) is 0 Å². The SMILES string of the molecule is CC(C1=CCC1)C(C)(C)C(C)(C)C. The fraction of sp³-hybridized carbons (Fsp3) is 0.846. The fourth-order valence-corrected chi connectivity index (χ4v) is 1.82. The minimum absolute atomic E-state index is 0.392. The van der Waals surface area contributed by atoms with Gasteiger partial charge >= 0.3 is 0 Å². The molecule has 76 valence electrons. The topological polar surface area (TPSA) is 0 Å². The molecule has 1 atom stereocenters. The minimum atomic E-state index is 0.392.